The summed E-state index contributed by atoms with van der Waals surface area (Å²) in [6.45, 7) is 2.05. The minimum Gasteiger partial charge on any atom is -0.396 e. The zero-order chi connectivity index (χ0) is 45.7. The maximum atomic E-state index is 13.3. The third-order valence-corrected chi connectivity index (χ3v) is 10.8. The molecule has 1 fully saturated rings. The molecule has 61 heavy (non-hydrogen) atoms. The quantitative estimate of drug-likeness (QED) is 0.0233. The first kappa shape index (κ1) is 56.6. The number of nitrogens with one attached hydrogen (secondary N) is 2. The van der Waals surface area contributed by atoms with Gasteiger partial charge in [0.2, 0.25) is 17.7 Å². The minimum atomic E-state index is -1.82. The Hall–Kier alpha value is -2.44. The van der Waals surface area contributed by atoms with Gasteiger partial charge < -0.3 is 81.2 Å². The zero-order valence-corrected chi connectivity index (χ0v) is 35.8. The van der Waals surface area contributed by atoms with Gasteiger partial charge in [0.25, 0.3) is 0 Å². The van der Waals surface area contributed by atoms with Crippen LogP contribution in [0, 0.1) is 5.92 Å². The van der Waals surface area contributed by atoms with Crippen LogP contribution in [0.5, 0.6) is 0 Å². The molecule has 0 aromatic rings. The lowest BCUT2D eigenvalue weighted by atomic mass is 9.99. The predicted octanol–water partition coefficient (Wildman–Crippen LogP) is -2.16. The summed E-state index contributed by atoms with van der Waals surface area (Å²) in [7, 11) is 0. The number of hydrogen-bond acceptors (Lipinski definition) is 17. The van der Waals surface area contributed by atoms with E-state index in [1.807, 2.05) is 0 Å². The lowest BCUT2D eigenvalue weighted by molar-refractivity contribution is -0.203. The highest BCUT2D eigenvalue weighted by Gasteiger charge is 2.33. The maximum absolute atomic E-state index is 13.3. The molecule has 358 valence electrons. The lowest BCUT2D eigenvalue weighted by Crippen LogP contribution is -2.45. The van der Waals surface area contributed by atoms with Crippen molar-refractivity contribution in [2.24, 2.45) is 5.92 Å². The first-order valence-electron chi connectivity index (χ1n) is 22.0. The van der Waals surface area contributed by atoms with Gasteiger partial charge in [0.1, 0.15) is 24.4 Å². The number of rotatable bonds is 37. The molecular formula is C41H77N3O17. The van der Waals surface area contributed by atoms with Gasteiger partial charge >= 0.3 is 0 Å². The molecule has 11 atom stereocenters. The Morgan fingerprint density at radius 3 is 1.64 bits per heavy atom. The number of likely N-dealkylation sites (tertiary alicyclic amines) is 1. The molecule has 0 aromatic heterocycles. The molecule has 20 heteroatoms. The van der Waals surface area contributed by atoms with E-state index in [1.165, 1.54) is 0 Å². The van der Waals surface area contributed by atoms with Crippen molar-refractivity contribution in [1.82, 2.24) is 15.5 Å². The van der Waals surface area contributed by atoms with Crippen molar-refractivity contribution in [3.63, 3.8) is 0 Å². The third kappa shape index (κ3) is 23.7. The molecule has 0 aliphatic carbocycles. The van der Waals surface area contributed by atoms with E-state index in [2.05, 4.69) is 17.6 Å². The van der Waals surface area contributed by atoms with Crippen LogP contribution in [0.4, 0.5) is 0 Å². The van der Waals surface area contributed by atoms with E-state index in [0.717, 1.165) is 19.3 Å². The Morgan fingerprint density at radius 2 is 1.11 bits per heavy atom. The zero-order valence-electron chi connectivity index (χ0n) is 35.8. The average molecular weight is 884 g/mol. The van der Waals surface area contributed by atoms with Gasteiger partial charge in [-0.05, 0) is 83.0 Å². The molecule has 0 saturated carbocycles. The number of amides is 3. The van der Waals surface area contributed by atoms with E-state index < -0.39 is 68.5 Å². The summed E-state index contributed by atoms with van der Waals surface area (Å²) in [4.78, 5) is 52.9. The first-order valence-corrected chi connectivity index (χ1v) is 22.0. The lowest BCUT2D eigenvalue weighted by Gasteiger charge is -2.26. The number of aliphatic hydroxyl groups is 11. The second-order valence-corrected chi connectivity index (χ2v) is 16.1. The van der Waals surface area contributed by atoms with E-state index in [-0.39, 0.29) is 81.5 Å². The molecule has 1 aliphatic heterocycles. The molecule has 3 amide bonds. The van der Waals surface area contributed by atoms with Gasteiger partial charge in [-0.25, -0.2) is 0 Å². The fourth-order valence-electron chi connectivity index (χ4n) is 7.03. The summed E-state index contributed by atoms with van der Waals surface area (Å²) >= 11 is 0. The molecule has 1 heterocycles. The SMILES string of the molecule is C[C@@H]1C[C@@H](CO)N(C(=O)CCCCCCC(=O)[C@H](CCCCNC(=O)CCCCOC(O)C(O)C(O)C(O)CCO)NC(=O)CCCCOC(O)C(O)C(O)C(O)CCO)C1. The van der Waals surface area contributed by atoms with Crippen LogP contribution in [0.3, 0.4) is 0 Å². The summed E-state index contributed by atoms with van der Waals surface area (Å²) in [5.74, 6) is -0.349. The third-order valence-electron chi connectivity index (χ3n) is 10.8. The van der Waals surface area contributed by atoms with Gasteiger partial charge in [0.15, 0.2) is 18.4 Å². The van der Waals surface area contributed by atoms with Crippen molar-refractivity contribution < 1.29 is 84.8 Å². The summed E-state index contributed by atoms with van der Waals surface area (Å²) < 4.78 is 10.2. The van der Waals surface area contributed by atoms with Crippen molar-refractivity contribution >= 4 is 23.5 Å². The number of ketones is 1. The fraction of sp³-hybridized carbons (Fsp3) is 0.902. The van der Waals surface area contributed by atoms with E-state index in [0.29, 0.717) is 83.2 Å². The smallest absolute Gasteiger partial charge is 0.222 e. The number of ether oxygens (including phenoxy) is 2. The Morgan fingerprint density at radius 1 is 0.607 bits per heavy atom. The molecule has 1 aliphatic rings. The van der Waals surface area contributed by atoms with E-state index in [4.69, 9.17) is 19.7 Å². The van der Waals surface area contributed by atoms with Crippen molar-refractivity contribution in [2.75, 3.05) is 46.1 Å². The second-order valence-electron chi connectivity index (χ2n) is 16.1. The molecule has 1 saturated heterocycles. The number of hydrogen-bond donors (Lipinski definition) is 13. The van der Waals surface area contributed by atoms with Crippen molar-refractivity contribution in [1.29, 1.82) is 0 Å². The molecule has 8 unspecified atom stereocenters. The topological polar surface area (TPSA) is 337 Å². The van der Waals surface area contributed by atoms with E-state index in [1.54, 1.807) is 4.90 Å². The van der Waals surface area contributed by atoms with Gasteiger partial charge in [-0.3, -0.25) is 19.2 Å². The molecule has 0 spiro atoms. The number of unbranched alkanes of at least 4 members (excludes halogenated alkanes) is 6. The molecule has 13 N–H and O–H groups in total. The summed E-state index contributed by atoms with van der Waals surface area (Å²) in [5.41, 5.74) is 0. The summed E-state index contributed by atoms with van der Waals surface area (Å²) in [6, 6.07) is -0.891. The van der Waals surface area contributed by atoms with Gasteiger partial charge in [-0.2, -0.15) is 0 Å². The van der Waals surface area contributed by atoms with E-state index >= 15 is 0 Å². The molecule has 1 rings (SSSR count). The van der Waals surface area contributed by atoms with Crippen LogP contribution in [0.2, 0.25) is 0 Å². The van der Waals surface area contributed by atoms with Crippen molar-refractivity contribution in [2.45, 2.75) is 184 Å². The number of aliphatic hydroxyl groups excluding tert-OH is 11. The highest BCUT2D eigenvalue weighted by Crippen LogP contribution is 2.24. The van der Waals surface area contributed by atoms with Crippen LogP contribution in [-0.4, -0.2) is 192 Å². The Labute approximate surface area is 359 Å². The number of Topliss-reactive ketones (excluding diaryl/α,β-unsaturated/α-hetero) is 1. The Bertz CT molecular complexity index is 1200. The maximum Gasteiger partial charge on any atom is 0.222 e. The van der Waals surface area contributed by atoms with Crippen LogP contribution < -0.4 is 10.6 Å². The monoisotopic (exact) mass is 884 g/mol. The van der Waals surface area contributed by atoms with Crippen molar-refractivity contribution in [3.8, 4) is 0 Å². The average Bonchev–Trinajstić information content (AvgIpc) is 3.63. The van der Waals surface area contributed by atoms with Gasteiger partial charge in [-0.1, -0.05) is 19.8 Å². The largest absolute Gasteiger partial charge is 0.396 e. The molecule has 0 aromatic carbocycles. The number of carbonyl (C=O) groups is 4. The predicted molar refractivity (Wildman–Crippen MR) is 219 cm³/mol. The number of carbonyl (C=O) groups excluding carboxylic acids is 4. The van der Waals surface area contributed by atoms with Gasteiger partial charge in [0, 0.05) is 65.2 Å². The molecule has 20 nitrogen and oxygen atoms in total. The van der Waals surface area contributed by atoms with Crippen LogP contribution in [0.25, 0.3) is 0 Å². The highest BCUT2D eigenvalue weighted by molar-refractivity contribution is 5.89. The highest BCUT2D eigenvalue weighted by atomic mass is 16.6. The fourth-order valence-corrected chi connectivity index (χ4v) is 7.03. The van der Waals surface area contributed by atoms with Crippen LogP contribution >= 0.6 is 0 Å². The van der Waals surface area contributed by atoms with Gasteiger partial charge in [-0.15, -0.1) is 0 Å². The standard InChI is InChI=1S/C41H77N3O17/c1-27-24-28(26-47)44(25-27)35(53)16-5-3-2-4-13-30(48)29(43-34(52)15-8-11-23-61-41(59)39(57)37(55)32(50)18-21-46)12-6-9-19-42-33(51)14-7-10-22-60-40(58)38(56)36(54)31(49)17-20-45/h27-29,31-32,36-41,45-47,49-50,54-59H,2-26H2,1H3,(H,42,51)(H,43,52)/t27-,28+,29+,31?,32?,36?,37?,38?,39?,40?,41?/m1/s1. The summed E-state index contributed by atoms with van der Waals surface area (Å²) in [5, 5.41) is 112. The first-order chi connectivity index (χ1) is 29.1. The molecule has 0 radical (unpaired) electrons. The van der Waals surface area contributed by atoms with Crippen LogP contribution in [0.15, 0.2) is 0 Å². The van der Waals surface area contributed by atoms with Gasteiger partial charge in [0.05, 0.1) is 30.9 Å². The normalized spacial score (nSPS) is 20.0. The van der Waals surface area contributed by atoms with Crippen LogP contribution in [-0.2, 0) is 28.7 Å². The second kappa shape index (κ2) is 33.1. The molecular weight excluding hydrogens is 806 g/mol. The van der Waals surface area contributed by atoms with E-state index in [9.17, 15) is 65.1 Å². The van der Waals surface area contributed by atoms with Crippen LogP contribution in [0.1, 0.15) is 122 Å². The Kier molecular flexibility index (Phi) is 30.7. The molecule has 0 bridgehead atoms. The minimum absolute atomic E-state index is 0.0242. The van der Waals surface area contributed by atoms with Crippen molar-refractivity contribution in [3.05, 3.63) is 0 Å². The summed E-state index contributed by atoms with van der Waals surface area (Å²) in [6.07, 6.45) is -6.87. The number of nitrogens with zero attached hydrogens (tertiary/aromatic N) is 1. The Balaban J connectivity index is 2.51.